The second-order valence-corrected chi connectivity index (χ2v) is 6.98. The first-order valence-electron chi connectivity index (χ1n) is 9.61. The van der Waals surface area contributed by atoms with Gasteiger partial charge >= 0.3 is 6.61 Å². The van der Waals surface area contributed by atoms with Crippen molar-refractivity contribution in [3.63, 3.8) is 0 Å². The summed E-state index contributed by atoms with van der Waals surface area (Å²) < 4.78 is 45.5. The number of alkyl halides is 2. The molecule has 0 radical (unpaired) electrons. The number of rotatable bonds is 9. The van der Waals surface area contributed by atoms with Crippen molar-refractivity contribution >= 4 is 11.6 Å². The van der Waals surface area contributed by atoms with E-state index in [4.69, 9.17) is 13.9 Å². The number of carbonyl (C=O) groups excluding carboxylic acids is 1. The van der Waals surface area contributed by atoms with E-state index < -0.39 is 12.5 Å². The Labute approximate surface area is 178 Å². The first-order chi connectivity index (χ1) is 14.9. The van der Waals surface area contributed by atoms with E-state index in [1.807, 2.05) is 24.3 Å². The number of methoxy groups -OCH3 is 1. The van der Waals surface area contributed by atoms with Crippen LogP contribution in [0.25, 0.3) is 0 Å². The zero-order valence-electron chi connectivity index (χ0n) is 17.4. The lowest BCUT2D eigenvalue weighted by molar-refractivity contribution is -0.0512. The summed E-state index contributed by atoms with van der Waals surface area (Å²) in [4.78, 5) is 12.4. The average molecular weight is 431 g/mol. The lowest BCUT2D eigenvalue weighted by Gasteiger charge is -2.11. The van der Waals surface area contributed by atoms with Crippen LogP contribution in [0.1, 0.15) is 41.6 Å². The molecule has 0 saturated heterocycles. The standard InChI is InChI=1S/C23H23F2NO5/c1-14(2)15-4-7-17(8-5-15)29-13-18-9-11-20(30-18)22(27)26-16-6-10-19(31-23(24)25)21(12-16)28-3/h4-12,14,23H,13H2,1-3H3,(H,26,27). The summed E-state index contributed by atoms with van der Waals surface area (Å²) in [7, 11) is 1.31. The van der Waals surface area contributed by atoms with Gasteiger partial charge < -0.3 is 23.9 Å². The highest BCUT2D eigenvalue weighted by molar-refractivity contribution is 6.02. The third-order valence-electron chi connectivity index (χ3n) is 4.45. The van der Waals surface area contributed by atoms with Gasteiger partial charge in [-0.2, -0.15) is 8.78 Å². The molecule has 1 amide bonds. The van der Waals surface area contributed by atoms with E-state index >= 15 is 0 Å². The first kappa shape index (κ1) is 22.1. The van der Waals surface area contributed by atoms with Crippen LogP contribution in [-0.4, -0.2) is 19.6 Å². The lowest BCUT2D eigenvalue weighted by atomic mass is 10.0. The first-order valence-corrected chi connectivity index (χ1v) is 9.61. The van der Waals surface area contributed by atoms with Crippen LogP contribution in [0.2, 0.25) is 0 Å². The fourth-order valence-electron chi connectivity index (χ4n) is 2.81. The summed E-state index contributed by atoms with van der Waals surface area (Å²) in [6.45, 7) is 1.42. The van der Waals surface area contributed by atoms with E-state index in [0.717, 1.165) is 0 Å². The molecule has 6 nitrogen and oxygen atoms in total. The monoisotopic (exact) mass is 431 g/mol. The molecule has 2 aromatic carbocycles. The molecule has 1 aromatic heterocycles. The van der Waals surface area contributed by atoms with E-state index in [1.54, 1.807) is 6.07 Å². The van der Waals surface area contributed by atoms with Gasteiger partial charge in [0, 0.05) is 11.8 Å². The number of carbonyl (C=O) groups is 1. The fraction of sp³-hybridized carbons (Fsp3) is 0.261. The van der Waals surface area contributed by atoms with Crippen molar-refractivity contribution < 1.29 is 32.2 Å². The van der Waals surface area contributed by atoms with Crippen LogP contribution < -0.4 is 19.5 Å². The minimum absolute atomic E-state index is 0.0649. The molecule has 0 aliphatic rings. The van der Waals surface area contributed by atoms with Gasteiger partial charge in [0.25, 0.3) is 5.91 Å². The summed E-state index contributed by atoms with van der Waals surface area (Å²) in [5.41, 5.74) is 1.55. The molecule has 0 bridgehead atoms. The average Bonchev–Trinajstić information content (AvgIpc) is 3.22. The van der Waals surface area contributed by atoms with Crippen LogP contribution in [-0.2, 0) is 6.61 Å². The van der Waals surface area contributed by atoms with Gasteiger partial charge in [-0.25, -0.2) is 0 Å². The Balaban J connectivity index is 1.59. The lowest BCUT2D eigenvalue weighted by Crippen LogP contribution is -2.11. The molecule has 1 heterocycles. The minimum atomic E-state index is -2.98. The van der Waals surface area contributed by atoms with E-state index in [0.29, 0.717) is 23.1 Å². The van der Waals surface area contributed by atoms with Crippen LogP contribution in [0, 0.1) is 0 Å². The smallest absolute Gasteiger partial charge is 0.387 e. The number of anilines is 1. The van der Waals surface area contributed by atoms with Crippen LogP contribution in [0.5, 0.6) is 17.2 Å². The molecule has 0 atom stereocenters. The Bertz CT molecular complexity index is 1020. The molecule has 1 N–H and O–H groups in total. The Morgan fingerprint density at radius 1 is 1.03 bits per heavy atom. The third-order valence-corrected chi connectivity index (χ3v) is 4.45. The molecule has 3 aromatic rings. The predicted octanol–water partition coefficient (Wildman–Crippen LogP) is 5.84. The SMILES string of the molecule is COc1cc(NC(=O)c2ccc(COc3ccc(C(C)C)cc3)o2)ccc1OC(F)F. The third kappa shape index (κ3) is 5.97. The highest BCUT2D eigenvalue weighted by Crippen LogP contribution is 2.31. The van der Waals surface area contributed by atoms with Gasteiger partial charge in [-0.15, -0.1) is 0 Å². The second-order valence-electron chi connectivity index (χ2n) is 6.98. The number of benzene rings is 2. The van der Waals surface area contributed by atoms with Gasteiger partial charge in [-0.1, -0.05) is 26.0 Å². The molecule has 3 rings (SSSR count). The predicted molar refractivity (Wildman–Crippen MR) is 111 cm³/mol. The molecule has 0 spiro atoms. The molecule has 8 heteroatoms. The van der Waals surface area contributed by atoms with Crippen molar-refractivity contribution in [3.05, 3.63) is 71.7 Å². The normalized spacial score (nSPS) is 10.9. The second kappa shape index (κ2) is 9.97. The Kier molecular flexibility index (Phi) is 7.12. The quantitative estimate of drug-likeness (QED) is 0.461. The highest BCUT2D eigenvalue weighted by atomic mass is 19.3. The molecular formula is C23H23F2NO5. The van der Waals surface area contributed by atoms with E-state index in [9.17, 15) is 13.6 Å². The number of furan rings is 1. The number of hydrogen-bond acceptors (Lipinski definition) is 5. The maximum atomic E-state index is 12.4. The molecule has 0 saturated carbocycles. The van der Waals surface area contributed by atoms with Crippen molar-refractivity contribution in [1.82, 2.24) is 0 Å². The van der Waals surface area contributed by atoms with E-state index in [2.05, 4.69) is 23.9 Å². The summed E-state index contributed by atoms with van der Waals surface area (Å²) in [6.07, 6.45) is 0. The Morgan fingerprint density at radius 3 is 2.42 bits per heavy atom. The Hall–Kier alpha value is -3.55. The highest BCUT2D eigenvalue weighted by Gasteiger charge is 2.15. The molecule has 164 valence electrons. The molecule has 31 heavy (non-hydrogen) atoms. The summed E-state index contributed by atoms with van der Waals surface area (Å²) >= 11 is 0. The molecule has 0 aliphatic heterocycles. The van der Waals surface area contributed by atoms with E-state index in [-0.39, 0.29) is 23.9 Å². The fourth-order valence-corrected chi connectivity index (χ4v) is 2.81. The van der Waals surface area contributed by atoms with Crippen LogP contribution in [0.4, 0.5) is 14.5 Å². The minimum Gasteiger partial charge on any atom is -0.493 e. The maximum Gasteiger partial charge on any atom is 0.387 e. The summed E-state index contributed by atoms with van der Waals surface area (Å²) in [5.74, 6) is 1.14. The summed E-state index contributed by atoms with van der Waals surface area (Å²) in [5, 5.41) is 2.62. The number of nitrogens with one attached hydrogen (secondary N) is 1. The van der Waals surface area contributed by atoms with Gasteiger partial charge in [-0.05, 0) is 47.9 Å². The maximum absolute atomic E-state index is 12.4. The van der Waals surface area contributed by atoms with Crippen LogP contribution in [0.15, 0.2) is 59.0 Å². The van der Waals surface area contributed by atoms with Crippen molar-refractivity contribution in [1.29, 1.82) is 0 Å². The number of hydrogen-bond donors (Lipinski definition) is 1. The van der Waals surface area contributed by atoms with Crippen molar-refractivity contribution in [3.8, 4) is 17.2 Å². The van der Waals surface area contributed by atoms with Gasteiger partial charge in [-0.3, -0.25) is 4.79 Å². The van der Waals surface area contributed by atoms with Gasteiger partial charge in [0.1, 0.15) is 18.1 Å². The van der Waals surface area contributed by atoms with E-state index in [1.165, 1.54) is 36.9 Å². The number of halogens is 2. The van der Waals surface area contributed by atoms with Gasteiger partial charge in [0.2, 0.25) is 0 Å². The van der Waals surface area contributed by atoms with Crippen molar-refractivity contribution in [2.45, 2.75) is 33.0 Å². The zero-order valence-corrected chi connectivity index (χ0v) is 17.4. The van der Waals surface area contributed by atoms with Gasteiger partial charge in [0.15, 0.2) is 17.3 Å². The molecule has 0 fully saturated rings. The molecule has 0 unspecified atom stereocenters. The Morgan fingerprint density at radius 2 is 1.77 bits per heavy atom. The number of amides is 1. The van der Waals surface area contributed by atoms with Crippen molar-refractivity contribution in [2.24, 2.45) is 0 Å². The van der Waals surface area contributed by atoms with Crippen molar-refractivity contribution in [2.75, 3.05) is 12.4 Å². The van der Waals surface area contributed by atoms with Crippen LogP contribution >= 0.6 is 0 Å². The summed E-state index contributed by atoms with van der Waals surface area (Å²) in [6, 6.07) is 15.1. The zero-order chi connectivity index (χ0) is 22.4. The number of ether oxygens (including phenoxy) is 3. The molecule has 0 aliphatic carbocycles. The molecular weight excluding hydrogens is 408 g/mol. The topological polar surface area (TPSA) is 69.9 Å². The van der Waals surface area contributed by atoms with Gasteiger partial charge in [0.05, 0.1) is 7.11 Å². The van der Waals surface area contributed by atoms with Crippen LogP contribution in [0.3, 0.4) is 0 Å². The largest absolute Gasteiger partial charge is 0.493 e.